The van der Waals surface area contributed by atoms with Crippen LogP contribution in [0.15, 0.2) is 0 Å². The Morgan fingerprint density at radius 2 is 1.54 bits per heavy atom. The van der Waals surface area contributed by atoms with Gasteiger partial charge in [0.15, 0.2) is 0 Å². The van der Waals surface area contributed by atoms with E-state index in [-0.39, 0.29) is 5.41 Å². The molecule has 13 heavy (non-hydrogen) atoms. The molecule has 0 nitrogen and oxygen atoms in total. The van der Waals surface area contributed by atoms with Crippen molar-refractivity contribution in [3.8, 4) is 0 Å². The van der Waals surface area contributed by atoms with E-state index in [1.54, 1.807) is 0 Å². The van der Waals surface area contributed by atoms with E-state index in [1.165, 1.54) is 38.5 Å². The van der Waals surface area contributed by atoms with E-state index in [4.69, 9.17) is 11.6 Å². The van der Waals surface area contributed by atoms with Crippen molar-refractivity contribution in [3.63, 3.8) is 0 Å². The van der Waals surface area contributed by atoms with Gasteiger partial charge < -0.3 is 0 Å². The zero-order valence-electron chi connectivity index (χ0n) is 9.70. The Morgan fingerprint density at radius 3 is 2.00 bits per heavy atom. The molecule has 0 aromatic heterocycles. The van der Waals surface area contributed by atoms with Crippen LogP contribution in [0.3, 0.4) is 0 Å². The van der Waals surface area contributed by atoms with Crippen molar-refractivity contribution < 1.29 is 0 Å². The zero-order valence-corrected chi connectivity index (χ0v) is 10.5. The summed E-state index contributed by atoms with van der Waals surface area (Å²) in [5.41, 5.74) is 0.270. The highest BCUT2D eigenvalue weighted by Gasteiger charge is 2.21. The maximum absolute atomic E-state index is 6.27. The van der Waals surface area contributed by atoms with Crippen LogP contribution in [-0.4, -0.2) is 5.38 Å². The van der Waals surface area contributed by atoms with E-state index in [2.05, 4.69) is 27.7 Å². The molecule has 1 heteroatoms. The molecule has 0 aliphatic carbocycles. The maximum Gasteiger partial charge on any atom is 0.0384 e. The van der Waals surface area contributed by atoms with Gasteiger partial charge in [-0.15, -0.1) is 11.6 Å². The summed E-state index contributed by atoms with van der Waals surface area (Å²) in [5, 5.41) is 0.342. The van der Waals surface area contributed by atoms with E-state index >= 15 is 0 Å². The Hall–Kier alpha value is 0.290. The molecule has 0 heterocycles. The number of unbranched alkanes of at least 4 members (excludes halogenated alkanes) is 4. The molecule has 0 aliphatic heterocycles. The normalized spacial score (nSPS) is 14.5. The Kier molecular flexibility index (Phi) is 6.85. The fourth-order valence-corrected chi connectivity index (χ4v) is 1.51. The Morgan fingerprint density at radius 1 is 1.00 bits per heavy atom. The molecule has 1 unspecified atom stereocenters. The van der Waals surface area contributed by atoms with E-state index in [0.29, 0.717) is 5.38 Å². The fourth-order valence-electron chi connectivity index (χ4n) is 1.36. The number of rotatable bonds is 6. The van der Waals surface area contributed by atoms with E-state index in [1.807, 2.05) is 0 Å². The largest absolute Gasteiger partial charge is 0.122 e. The standard InChI is InChI=1S/C12H25Cl/c1-5-6-7-8-9-10-11(13)12(2,3)4/h11H,5-10H2,1-4H3. The van der Waals surface area contributed by atoms with E-state index in [9.17, 15) is 0 Å². The third kappa shape index (κ3) is 7.37. The molecule has 0 bridgehead atoms. The van der Waals surface area contributed by atoms with Gasteiger partial charge in [-0.3, -0.25) is 0 Å². The summed E-state index contributed by atoms with van der Waals surface area (Å²) >= 11 is 6.27. The average Bonchev–Trinajstić information content (AvgIpc) is 2.02. The van der Waals surface area contributed by atoms with Crippen LogP contribution in [0, 0.1) is 5.41 Å². The van der Waals surface area contributed by atoms with E-state index < -0.39 is 0 Å². The smallest absolute Gasteiger partial charge is 0.0384 e. The Labute approximate surface area is 89.1 Å². The van der Waals surface area contributed by atoms with Crippen LogP contribution < -0.4 is 0 Å². The van der Waals surface area contributed by atoms with Gasteiger partial charge in [0.1, 0.15) is 0 Å². The first kappa shape index (κ1) is 13.3. The molecule has 0 aromatic carbocycles. The first-order valence-electron chi connectivity index (χ1n) is 5.62. The fraction of sp³-hybridized carbons (Fsp3) is 1.00. The second-order valence-electron chi connectivity index (χ2n) is 5.04. The summed E-state index contributed by atoms with van der Waals surface area (Å²) in [4.78, 5) is 0. The highest BCUT2D eigenvalue weighted by Crippen LogP contribution is 2.28. The molecule has 0 aromatic rings. The van der Waals surface area contributed by atoms with Crippen molar-refractivity contribution >= 4 is 11.6 Å². The van der Waals surface area contributed by atoms with Crippen molar-refractivity contribution in [1.82, 2.24) is 0 Å². The summed E-state index contributed by atoms with van der Waals surface area (Å²) in [6.45, 7) is 8.91. The predicted molar refractivity (Wildman–Crippen MR) is 62.5 cm³/mol. The van der Waals surface area contributed by atoms with Crippen LogP contribution in [0.25, 0.3) is 0 Å². The van der Waals surface area contributed by atoms with Gasteiger partial charge >= 0.3 is 0 Å². The molecule has 0 saturated carbocycles. The van der Waals surface area contributed by atoms with Gasteiger partial charge in [-0.05, 0) is 11.8 Å². The maximum atomic E-state index is 6.27. The zero-order chi connectivity index (χ0) is 10.3. The van der Waals surface area contributed by atoms with E-state index in [0.717, 1.165) is 0 Å². The summed E-state index contributed by atoms with van der Waals surface area (Å²) in [6, 6.07) is 0. The lowest BCUT2D eigenvalue weighted by molar-refractivity contribution is 0.365. The lowest BCUT2D eigenvalue weighted by Crippen LogP contribution is -2.20. The van der Waals surface area contributed by atoms with Gasteiger partial charge in [-0.25, -0.2) is 0 Å². The van der Waals surface area contributed by atoms with Crippen LogP contribution in [-0.2, 0) is 0 Å². The topological polar surface area (TPSA) is 0 Å². The lowest BCUT2D eigenvalue weighted by Gasteiger charge is -2.24. The van der Waals surface area contributed by atoms with Crippen LogP contribution in [0.2, 0.25) is 0 Å². The van der Waals surface area contributed by atoms with Gasteiger partial charge in [0.25, 0.3) is 0 Å². The third-order valence-corrected chi connectivity index (χ3v) is 3.37. The summed E-state index contributed by atoms with van der Waals surface area (Å²) in [5.74, 6) is 0. The Balaban J connectivity index is 3.32. The number of hydrogen-bond acceptors (Lipinski definition) is 0. The van der Waals surface area contributed by atoms with Gasteiger partial charge in [-0.1, -0.05) is 59.8 Å². The Bertz CT molecular complexity index is 113. The van der Waals surface area contributed by atoms with Gasteiger partial charge in [0, 0.05) is 5.38 Å². The summed E-state index contributed by atoms with van der Waals surface area (Å²) in [7, 11) is 0. The van der Waals surface area contributed by atoms with Crippen molar-refractivity contribution in [2.75, 3.05) is 0 Å². The average molecular weight is 205 g/mol. The van der Waals surface area contributed by atoms with Crippen molar-refractivity contribution in [3.05, 3.63) is 0 Å². The lowest BCUT2D eigenvalue weighted by atomic mass is 9.88. The number of hydrogen-bond donors (Lipinski definition) is 0. The minimum absolute atomic E-state index is 0.270. The minimum Gasteiger partial charge on any atom is -0.122 e. The molecule has 0 amide bonds. The van der Waals surface area contributed by atoms with Crippen molar-refractivity contribution in [2.45, 2.75) is 71.6 Å². The monoisotopic (exact) mass is 204 g/mol. The second-order valence-corrected chi connectivity index (χ2v) is 5.56. The molecule has 0 rings (SSSR count). The van der Waals surface area contributed by atoms with Crippen molar-refractivity contribution in [2.24, 2.45) is 5.41 Å². The molecule has 0 saturated heterocycles. The molecular formula is C12H25Cl. The highest BCUT2D eigenvalue weighted by molar-refractivity contribution is 6.21. The quantitative estimate of drug-likeness (QED) is 0.422. The first-order chi connectivity index (χ1) is 5.98. The molecule has 1 atom stereocenters. The highest BCUT2D eigenvalue weighted by atomic mass is 35.5. The van der Waals surface area contributed by atoms with Gasteiger partial charge in [0.2, 0.25) is 0 Å². The SMILES string of the molecule is CCCCCCCC(Cl)C(C)(C)C. The van der Waals surface area contributed by atoms with Crippen LogP contribution in [0.5, 0.6) is 0 Å². The van der Waals surface area contributed by atoms with Crippen molar-refractivity contribution in [1.29, 1.82) is 0 Å². The second kappa shape index (κ2) is 6.70. The molecule has 0 spiro atoms. The molecule has 80 valence electrons. The molecule has 0 radical (unpaired) electrons. The molecule has 0 N–H and O–H groups in total. The first-order valence-corrected chi connectivity index (χ1v) is 6.06. The van der Waals surface area contributed by atoms with Crippen LogP contribution >= 0.6 is 11.6 Å². The predicted octanol–water partition coefficient (Wildman–Crippen LogP) is 5.00. The molecule has 0 aliphatic rings. The third-order valence-electron chi connectivity index (χ3n) is 2.50. The summed E-state index contributed by atoms with van der Waals surface area (Å²) in [6.07, 6.45) is 7.91. The van der Waals surface area contributed by atoms with Crippen LogP contribution in [0.1, 0.15) is 66.2 Å². The summed E-state index contributed by atoms with van der Waals surface area (Å²) < 4.78 is 0. The number of halogens is 1. The molecule has 0 fully saturated rings. The van der Waals surface area contributed by atoms with Gasteiger partial charge in [0.05, 0.1) is 0 Å². The van der Waals surface area contributed by atoms with Crippen LogP contribution in [0.4, 0.5) is 0 Å². The molecular weight excluding hydrogens is 180 g/mol. The van der Waals surface area contributed by atoms with Gasteiger partial charge in [-0.2, -0.15) is 0 Å². The minimum atomic E-state index is 0.270. The number of alkyl halides is 1.